The summed E-state index contributed by atoms with van der Waals surface area (Å²) >= 11 is 0. The SMILES string of the molecule is C[C@@]12CC(=O)C[C@H]1[C@@H]1CC[C@H]3C[C@@H](O)CC[C@]3(C)[C@H]1C(=O)C2. The minimum Gasteiger partial charge on any atom is -0.393 e. The van der Waals surface area contributed by atoms with Gasteiger partial charge in [-0.15, -0.1) is 0 Å². The molecule has 0 aromatic carbocycles. The van der Waals surface area contributed by atoms with Crippen LogP contribution in [0.5, 0.6) is 0 Å². The van der Waals surface area contributed by atoms with Crippen molar-refractivity contribution in [2.75, 3.05) is 0 Å². The van der Waals surface area contributed by atoms with E-state index in [1.54, 1.807) is 0 Å². The molecule has 4 rings (SSSR count). The number of Topliss-reactive ketones (excluding diaryl/α,β-unsaturated/α-hetero) is 2. The van der Waals surface area contributed by atoms with Gasteiger partial charge in [0.1, 0.15) is 11.6 Å². The third-order valence-electron chi connectivity index (χ3n) is 7.88. The molecule has 7 atom stereocenters. The second kappa shape index (κ2) is 4.66. The van der Waals surface area contributed by atoms with Crippen LogP contribution in [0.1, 0.15) is 65.2 Å². The molecule has 4 aliphatic carbocycles. The van der Waals surface area contributed by atoms with Crippen molar-refractivity contribution >= 4 is 11.6 Å². The van der Waals surface area contributed by atoms with Crippen LogP contribution in [-0.4, -0.2) is 22.8 Å². The maximum atomic E-state index is 13.1. The third kappa shape index (κ3) is 1.90. The molecule has 0 aromatic heterocycles. The molecule has 4 fully saturated rings. The number of rotatable bonds is 0. The predicted octanol–water partition coefficient (Wildman–Crippen LogP) is 3.14. The summed E-state index contributed by atoms with van der Waals surface area (Å²) in [6, 6.07) is 0. The minimum atomic E-state index is -0.174. The molecule has 0 unspecified atom stereocenters. The Morgan fingerprint density at radius 3 is 2.64 bits per heavy atom. The summed E-state index contributed by atoms with van der Waals surface area (Å²) in [5.41, 5.74) is -0.00108. The first-order valence-corrected chi connectivity index (χ1v) is 9.06. The largest absolute Gasteiger partial charge is 0.393 e. The Morgan fingerprint density at radius 2 is 1.86 bits per heavy atom. The molecule has 3 nitrogen and oxygen atoms in total. The zero-order valence-electron chi connectivity index (χ0n) is 13.8. The van der Waals surface area contributed by atoms with Crippen molar-refractivity contribution in [3.8, 4) is 0 Å². The van der Waals surface area contributed by atoms with Crippen LogP contribution >= 0.6 is 0 Å². The number of aliphatic hydroxyl groups excluding tert-OH is 1. The van der Waals surface area contributed by atoms with E-state index in [-0.39, 0.29) is 22.9 Å². The van der Waals surface area contributed by atoms with E-state index >= 15 is 0 Å². The lowest BCUT2D eigenvalue weighted by molar-refractivity contribution is -0.159. The van der Waals surface area contributed by atoms with Crippen molar-refractivity contribution in [3.05, 3.63) is 0 Å². The molecule has 1 N–H and O–H groups in total. The first-order valence-electron chi connectivity index (χ1n) is 9.06. The van der Waals surface area contributed by atoms with Gasteiger partial charge in [0, 0.05) is 25.2 Å². The second-order valence-corrected chi connectivity index (χ2v) is 9.17. The molecule has 0 aliphatic heterocycles. The van der Waals surface area contributed by atoms with Gasteiger partial charge in [0.05, 0.1) is 6.10 Å². The molecule has 3 heteroatoms. The van der Waals surface area contributed by atoms with E-state index in [0.717, 1.165) is 32.1 Å². The molecule has 22 heavy (non-hydrogen) atoms. The molecule has 122 valence electrons. The molecule has 0 bridgehead atoms. The molecule has 0 spiro atoms. The van der Waals surface area contributed by atoms with Crippen LogP contribution in [0.3, 0.4) is 0 Å². The Kier molecular flexibility index (Phi) is 3.15. The van der Waals surface area contributed by atoms with E-state index in [9.17, 15) is 14.7 Å². The van der Waals surface area contributed by atoms with Gasteiger partial charge in [-0.2, -0.15) is 0 Å². The summed E-state index contributed by atoms with van der Waals surface area (Å²) in [4.78, 5) is 25.1. The maximum absolute atomic E-state index is 13.1. The Balaban J connectivity index is 1.70. The average Bonchev–Trinajstić information content (AvgIpc) is 2.73. The summed E-state index contributed by atoms with van der Waals surface area (Å²) in [6.07, 6.45) is 6.64. The maximum Gasteiger partial charge on any atom is 0.137 e. The Bertz CT molecular complexity index is 527. The van der Waals surface area contributed by atoms with E-state index in [0.29, 0.717) is 48.6 Å². The smallest absolute Gasteiger partial charge is 0.137 e. The first-order chi connectivity index (χ1) is 10.3. The summed E-state index contributed by atoms with van der Waals surface area (Å²) in [5, 5.41) is 10.0. The predicted molar refractivity (Wildman–Crippen MR) is 83.1 cm³/mol. The number of carbonyl (C=O) groups is 2. The van der Waals surface area contributed by atoms with Crippen LogP contribution in [0, 0.1) is 34.5 Å². The lowest BCUT2D eigenvalue weighted by Crippen LogP contribution is -2.56. The van der Waals surface area contributed by atoms with Gasteiger partial charge in [0.25, 0.3) is 0 Å². The molecule has 0 saturated heterocycles. The van der Waals surface area contributed by atoms with Crippen molar-refractivity contribution < 1.29 is 14.7 Å². The number of ketones is 2. The van der Waals surface area contributed by atoms with Crippen molar-refractivity contribution in [1.82, 2.24) is 0 Å². The zero-order chi connectivity index (χ0) is 15.7. The lowest BCUT2D eigenvalue weighted by atomic mass is 9.45. The fourth-order valence-electron chi connectivity index (χ4n) is 6.86. The number of carbonyl (C=O) groups excluding carboxylic acids is 2. The van der Waals surface area contributed by atoms with E-state index in [1.807, 2.05) is 0 Å². The first kappa shape index (κ1) is 14.9. The van der Waals surface area contributed by atoms with Gasteiger partial charge < -0.3 is 5.11 Å². The van der Waals surface area contributed by atoms with Gasteiger partial charge in [0.2, 0.25) is 0 Å². The monoisotopic (exact) mass is 304 g/mol. The number of aliphatic hydroxyl groups is 1. The van der Waals surface area contributed by atoms with Gasteiger partial charge in [-0.05, 0) is 60.7 Å². The standard InChI is InChI=1S/C19H28O3/c1-18-9-13(21)8-15(18)14-4-3-11-7-12(20)5-6-19(11,2)17(14)16(22)10-18/h11-12,14-15,17,20H,3-10H2,1-2H3/t11-,12-,14-,15-,17+,18-,19-/m0/s1. The van der Waals surface area contributed by atoms with Crippen LogP contribution in [0.4, 0.5) is 0 Å². The highest BCUT2D eigenvalue weighted by Crippen LogP contribution is 2.64. The van der Waals surface area contributed by atoms with Gasteiger partial charge in [-0.1, -0.05) is 13.8 Å². The van der Waals surface area contributed by atoms with Crippen LogP contribution in [0.15, 0.2) is 0 Å². The summed E-state index contributed by atoms with van der Waals surface area (Å²) < 4.78 is 0. The third-order valence-corrected chi connectivity index (χ3v) is 7.88. The Morgan fingerprint density at radius 1 is 1.09 bits per heavy atom. The van der Waals surface area contributed by atoms with Gasteiger partial charge in [0.15, 0.2) is 0 Å². The van der Waals surface area contributed by atoms with E-state index in [4.69, 9.17) is 0 Å². The van der Waals surface area contributed by atoms with Crippen molar-refractivity contribution in [2.24, 2.45) is 34.5 Å². The fraction of sp³-hybridized carbons (Fsp3) is 0.895. The highest BCUT2D eigenvalue weighted by Gasteiger charge is 2.62. The number of hydrogen-bond acceptors (Lipinski definition) is 3. The fourth-order valence-corrected chi connectivity index (χ4v) is 6.86. The minimum absolute atomic E-state index is 0.0617. The van der Waals surface area contributed by atoms with Crippen molar-refractivity contribution in [2.45, 2.75) is 71.3 Å². The molecule has 0 radical (unpaired) electrons. The van der Waals surface area contributed by atoms with Crippen LogP contribution in [0.2, 0.25) is 0 Å². The van der Waals surface area contributed by atoms with E-state index < -0.39 is 0 Å². The highest BCUT2D eigenvalue weighted by molar-refractivity contribution is 5.89. The second-order valence-electron chi connectivity index (χ2n) is 9.17. The van der Waals surface area contributed by atoms with E-state index in [1.165, 1.54) is 0 Å². The van der Waals surface area contributed by atoms with Crippen LogP contribution in [-0.2, 0) is 9.59 Å². The van der Waals surface area contributed by atoms with E-state index in [2.05, 4.69) is 13.8 Å². The normalized spacial score (nSPS) is 54.6. The number of fused-ring (bicyclic) bond motifs is 5. The highest BCUT2D eigenvalue weighted by atomic mass is 16.3. The lowest BCUT2D eigenvalue weighted by Gasteiger charge is -2.59. The molecular weight excluding hydrogens is 276 g/mol. The molecule has 4 saturated carbocycles. The molecule has 0 heterocycles. The average molecular weight is 304 g/mol. The van der Waals surface area contributed by atoms with Gasteiger partial charge >= 0.3 is 0 Å². The zero-order valence-corrected chi connectivity index (χ0v) is 13.8. The van der Waals surface area contributed by atoms with Crippen LogP contribution < -0.4 is 0 Å². The Hall–Kier alpha value is -0.700. The molecule has 0 amide bonds. The van der Waals surface area contributed by atoms with Crippen LogP contribution in [0.25, 0.3) is 0 Å². The van der Waals surface area contributed by atoms with Gasteiger partial charge in [-0.3, -0.25) is 9.59 Å². The number of hydrogen-bond donors (Lipinski definition) is 1. The molecular formula is C19H28O3. The summed E-state index contributed by atoms with van der Waals surface area (Å²) in [6.45, 7) is 4.48. The van der Waals surface area contributed by atoms with Crippen molar-refractivity contribution in [3.63, 3.8) is 0 Å². The topological polar surface area (TPSA) is 54.4 Å². The van der Waals surface area contributed by atoms with Gasteiger partial charge in [-0.25, -0.2) is 0 Å². The quantitative estimate of drug-likeness (QED) is 0.748. The summed E-state index contributed by atoms with van der Waals surface area (Å²) in [5.74, 6) is 2.25. The summed E-state index contributed by atoms with van der Waals surface area (Å²) in [7, 11) is 0. The molecule has 4 aliphatic rings. The van der Waals surface area contributed by atoms with Crippen molar-refractivity contribution in [1.29, 1.82) is 0 Å². The molecule has 0 aromatic rings. The Labute approximate surface area is 132 Å².